The van der Waals surface area contributed by atoms with Crippen LogP contribution in [0.4, 0.5) is 0 Å². The van der Waals surface area contributed by atoms with Gasteiger partial charge in [0, 0.05) is 45.3 Å². The molecule has 1 heterocycles. The van der Waals surface area contributed by atoms with Crippen LogP contribution < -0.4 is 0 Å². The Morgan fingerprint density at radius 3 is 2.20 bits per heavy atom. The van der Waals surface area contributed by atoms with Crippen LogP contribution >= 0.6 is 0 Å². The van der Waals surface area contributed by atoms with Crippen LogP contribution in [0.3, 0.4) is 0 Å². The molecule has 0 aromatic rings. The van der Waals surface area contributed by atoms with Crippen molar-refractivity contribution in [1.82, 2.24) is 14.7 Å². The average molecular weight is 213 g/mol. The quantitative estimate of drug-likeness (QED) is 0.673. The summed E-state index contributed by atoms with van der Waals surface area (Å²) in [6.45, 7) is 15.4. The zero-order valence-corrected chi connectivity index (χ0v) is 10.9. The summed E-state index contributed by atoms with van der Waals surface area (Å²) in [5.74, 6) is 0. The predicted molar refractivity (Wildman–Crippen MR) is 66.3 cm³/mol. The van der Waals surface area contributed by atoms with Gasteiger partial charge in [-0.25, -0.2) is 0 Å². The topological polar surface area (TPSA) is 9.72 Å². The van der Waals surface area contributed by atoms with Gasteiger partial charge >= 0.3 is 0 Å². The van der Waals surface area contributed by atoms with E-state index in [0.717, 1.165) is 6.54 Å². The average Bonchev–Trinajstić information content (AvgIpc) is 2.26. The molecule has 1 fully saturated rings. The predicted octanol–water partition coefficient (Wildman–Crippen LogP) is 0.964. The molecule has 15 heavy (non-hydrogen) atoms. The smallest absolute Gasteiger partial charge is 0.0113 e. The molecular formula is C12H27N3. The summed E-state index contributed by atoms with van der Waals surface area (Å²) in [5.41, 5.74) is 0. The fraction of sp³-hybridized carbons (Fsp3) is 1.00. The normalized spacial score (nSPS) is 20.4. The lowest BCUT2D eigenvalue weighted by molar-refractivity contribution is 0.102. The molecule has 1 rings (SSSR count). The Morgan fingerprint density at radius 2 is 1.73 bits per heavy atom. The number of likely N-dealkylation sites (N-methyl/N-ethyl adjacent to an activating group) is 1. The van der Waals surface area contributed by atoms with Crippen molar-refractivity contribution >= 4 is 0 Å². The van der Waals surface area contributed by atoms with Crippen LogP contribution in [-0.4, -0.2) is 73.6 Å². The van der Waals surface area contributed by atoms with Crippen molar-refractivity contribution in [2.45, 2.75) is 26.8 Å². The first-order valence-corrected chi connectivity index (χ1v) is 6.28. The lowest BCUT2D eigenvalue weighted by Gasteiger charge is -2.37. The van der Waals surface area contributed by atoms with Gasteiger partial charge < -0.3 is 4.90 Å². The molecule has 1 aliphatic heterocycles. The molecule has 0 atom stereocenters. The number of piperazine rings is 1. The Hall–Kier alpha value is -0.120. The first kappa shape index (κ1) is 12.9. The van der Waals surface area contributed by atoms with Crippen LogP contribution in [0, 0.1) is 0 Å². The number of hydrogen-bond donors (Lipinski definition) is 0. The highest BCUT2D eigenvalue weighted by molar-refractivity contribution is 4.74. The van der Waals surface area contributed by atoms with E-state index < -0.39 is 0 Å². The Kier molecular flexibility index (Phi) is 5.58. The maximum Gasteiger partial charge on any atom is 0.0113 e. The van der Waals surface area contributed by atoms with Gasteiger partial charge in [-0.15, -0.1) is 0 Å². The summed E-state index contributed by atoms with van der Waals surface area (Å²) < 4.78 is 0. The van der Waals surface area contributed by atoms with E-state index in [-0.39, 0.29) is 0 Å². The van der Waals surface area contributed by atoms with E-state index in [2.05, 4.69) is 42.5 Å². The standard InChI is InChI=1S/C12H27N3/c1-5-13(4)6-7-14-8-10-15(11-9-14)12(2)3/h12H,5-11H2,1-4H3. The van der Waals surface area contributed by atoms with Gasteiger partial charge in [-0.1, -0.05) is 6.92 Å². The fourth-order valence-corrected chi connectivity index (χ4v) is 1.97. The van der Waals surface area contributed by atoms with E-state index in [0.29, 0.717) is 6.04 Å². The maximum absolute atomic E-state index is 2.59. The minimum absolute atomic E-state index is 0.713. The summed E-state index contributed by atoms with van der Waals surface area (Å²) in [7, 11) is 2.20. The van der Waals surface area contributed by atoms with Crippen LogP contribution in [0.5, 0.6) is 0 Å². The molecule has 3 heteroatoms. The van der Waals surface area contributed by atoms with Crippen molar-refractivity contribution in [3.63, 3.8) is 0 Å². The van der Waals surface area contributed by atoms with Crippen molar-refractivity contribution in [3.8, 4) is 0 Å². The molecule has 1 saturated heterocycles. The first-order chi connectivity index (χ1) is 7.13. The van der Waals surface area contributed by atoms with Crippen LogP contribution in [0.1, 0.15) is 20.8 Å². The second-order valence-corrected chi connectivity index (χ2v) is 4.87. The second-order valence-electron chi connectivity index (χ2n) is 4.87. The van der Waals surface area contributed by atoms with Gasteiger partial charge in [-0.05, 0) is 27.4 Å². The third-order valence-corrected chi connectivity index (χ3v) is 3.47. The van der Waals surface area contributed by atoms with Gasteiger partial charge in [0.25, 0.3) is 0 Å². The molecule has 0 aromatic carbocycles. The van der Waals surface area contributed by atoms with E-state index in [1.54, 1.807) is 0 Å². The van der Waals surface area contributed by atoms with Crippen LogP contribution in [0.15, 0.2) is 0 Å². The maximum atomic E-state index is 2.59. The molecular weight excluding hydrogens is 186 g/mol. The monoisotopic (exact) mass is 213 g/mol. The highest BCUT2D eigenvalue weighted by Gasteiger charge is 2.18. The summed E-state index contributed by atoms with van der Waals surface area (Å²) in [6.07, 6.45) is 0. The van der Waals surface area contributed by atoms with Gasteiger partial charge in [-0.2, -0.15) is 0 Å². The van der Waals surface area contributed by atoms with E-state index in [1.165, 1.54) is 39.3 Å². The number of rotatable bonds is 5. The highest BCUT2D eigenvalue weighted by atomic mass is 15.3. The summed E-state index contributed by atoms with van der Waals surface area (Å²) in [4.78, 5) is 7.54. The molecule has 0 radical (unpaired) electrons. The van der Waals surface area contributed by atoms with Gasteiger partial charge in [0.15, 0.2) is 0 Å². The van der Waals surface area contributed by atoms with Crippen LogP contribution in [0.25, 0.3) is 0 Å². The zero-order valence-electron chi connectivity index (χ0n) is 10.9. The third kappa shape index (κ3) is 4.49. The molecule has 0 unspecified atom stereocenters. The fourth-order valence-electron chi connectivity index (χ4n) is 1.97. The van der Waals surface area contributed by atoms with Crippen LogP contribution in [0.2, 0.25) is 0 Å². The summed E-state index contributed by atoms with van der Waals surface area (Å²) in [5, 5.41) is 0. The minimum Gasteiger partial charge on any atom is -0.305 e. The minimum atomic E-state index is 0.713. The molecule has 1 aliphatic rings. The molecule has 0 N–H and O–H groups in total. The van der Waals surface area contributed by atoms with Crippen molar-refractivity contribution in [2.24, 2.45) is 0 Å². The zero-order chi connectivity index (χ0) is 11.3. The third-order valence-electron chi connectivity index (χ3n) is 3.47. The molecule has 90 valence electrons. The molecule has 0 amide bonds. The van der Waals surface area contributed by atoms with Gasteiger partial charge in [0.05, 0.1) is 0 Å². The molecule has 0 bridgehead atoms. The lowest BCUT2D eigenvalue weighted by Crippen LogP contribution is -2.50. The lowest BCUT2D eigenvalue weighted by atomic mass is 10.2. The van der Waals surface area contributed by atoms with E-state index in [4.69, 9.17) is 0 Å². The molecule has 0 aromatic heterocycles. The second kappa shape index (κ2) is 6.46. The summed E-state index contributed by atoms with van der Waals surface area (Å²) >= 11 is 0. The Balaban J connectivity index is 2.14. The Bertz CT molecular complexity index is 162. The van der Waals surface area contributed by atoms with E-state index in [1.807, 2.05) is 0 Å². The van der Waals surface area contributed by atoms with Gasteiger partial charge in [0.1, 0.15) is 0 Å². The number of nitrogens with zero attached hydrogens (tertiary/aromatic N) is 3. The first-order valence-electron chi connectivity index (χ1n) is 6.28. The molecule has 0 spiro atoms. The SMILES string of the molecule is CCN(C)CCN1CCN(C(C)C)CC1. The Labute approximate surface area is 95.0 Å². The summed E-state index contributed by atoms with van der Waals surface area (Å²) in [6, 6.07) is 0.713. The van der Waals surface area contributed by atoms with Gasteiger partial charge in [0.2, 0.25) is 0 Å². The number of hydrogen-bond acceptors (Lipinski definition) is 3. The van der Waals surface area contributed by atoms with Crippen LogP contribution in [-0.2, 0) is 0 Å². The van der Waals surface area contributed by atoms with E-state index in [9.17, 15) is 0 Å². The van der Waals surface area contributed by atoms with Crippen molar-refractivity contribution < 1.29 is 0 Å². The molecule has 3 nitrogen and oxygen atoms in total. The highest BCUT2D eigenvalue weighted by Crippen LogP contribution is 2.05. The molecule has 0 aliphatic carbocycles. The molecule has 0 saturated carbocycles. The Morgan fingerprint density at radius 1 is 1.13 bits per heavy atom. The van der Waals surface area contributed by atoms with E-state index >= 15 is 0 Å². The largest absolute Gasteiger partial charge is 0.305 e. The van der Waals surface area contributed by atoms with Crippen molar-refractivity contribution in [1.29, 1.82) is 0 Å². The van der Waals surface area contributed by atoms with Crippen molar-refractivity contribution in [3.05, 3.63) is 0 Å². The van der Waals surface area contributed by atoms with Crippen molar-refractivity contribution in [2.75, 3.05) is 52.9 Å². The van der Waals surface area contributed by atoms with Gasteiger partial charge in [-0.3, -0.25) is 9.80 Å².